The molecule has 0 spiro atoms. The smallest absolute Gasteiger partial charge is 0.123 e. The summed E-state index contributed by atoms with van der Waals surface area (Å²) in [5, 5.41) is 28.5. The third-order valence-corrected chi connectivity index (χ3v) is 7.93. The first-order valence-electron chi connectivity index (χ1n) is 13.2. The molecule has 0 aliphatic rings. The van der Waals surface area contributed by atoms with Crippen molar-refractivity contribution in [3.8, 4) is 33.8 Å². The Kier molecular flexibility index (Phi) is 4.93. The lowest BCUT2D eigenvalue weighted by Gasteiger charge is -2.24. The number of hydrogen-bond donors (Lipinski definition) is 2. The fraction of sp³-hybridized carbons (Fsp3) is 0.111. The molecule has 7 aromatic carbocycles. The number of fused-ring (bicyclic) bond motifs is 2. The molecule has 0 unspecified atom stereocenters. The summed E-state index contributed by atoms with van der Waals surface area (Å²) in [5.41, 5.74) is 5.25. The van der Waals surface area contributed by atoms with Crippen LogP contribution in [0.3, 0.4) is 0 Å². The Balaban J connectivity index is 1.76. The molecule has 0 atom stereocenters. The highest BCUT2D eigenvalue weighted by atomic mass is 19.1. The largest absolute Gasteiger partial charge is 0.508 e. The number of rotatable bonds is 2. The molecule has 2 nitrogen and oxygen atoms in total. The number of aromatic hydroxyl groups is 2. The molecule has 3 heteroatoms. The standard InChI is InChI=1S/C36H27FO2/c1-36(2,3)25-14-23-18-30(20-4-9-27(38)10-5-20)32-17-22-16-26(37)8-13-29(22)34-31(21-6-11-28(39)12-7-21)19-24(15-25)33(23)35(32)34/h4-19,38-39H,1-3H3. The molecule has 0 saturated carbocycles. The topological polar surface area (TPSA) is 40.5 Å². The molecule has 190 valence electrons. The minimum Gasteiger partial charge on any atom is -0.508 e. The highest BCUT2D eigenvalue weighted by molar-refractivity contribution is 6.34. The molecule has 0 radical (unpaired) electrons. The lowest BCUT2D eigenvalue weighted by molar-refractivity contribution is 0.475. The Hall–Kier alpha value is -4.63. The molecule has 0 aromatic heterocycles. The van der Waals surface area contributed by atoms with E-state index >= 15 is 0 Å². The Morgan fingerprint density at radius 2 is 1.08 bits per heavy atom. The van der Waals surface area contributed by atoms with Crippen molar-refractivity contribution in [3.63, 3.8) is 0 Å². The quantitative estimate of drug-likeness (QED) is 0.179. The number of phenolic OH excluding ortho intramolecular Hbond substituents is 2. The van der Waals surface area contributed by atoms with Crippen LogP contribution in [-0.2, 0) is 5.41 Å². The first kappa shape index (κ1) is 23.5. The summed E-state index contributed by atoms with van der Waals surface area (Å²) in [5.74, 6) is 0.156. The number of hydrogen-bond acceptors (Lipinski definition) is 2. The zero-order chi connectivity index (χ0) is 27.1. The summed E-state index contributed by atoms with van der Waals surface area (Å²) in [4.78, 5) is 0. The zero-order valence-electron chi connectivity index (χ0n) is 22.0. The molecule has 0 aliphatic carbocycles. The van der Waals surface area contributed by atoms with Crippen molar-refractivity contribution >= 4 is 43.1 Å². The van der Waals surface area contributed by atoms with Gasteiger partial charge in [0.1, 0.15) is 17.3 Å². The van der Waals surface area contributed by atoms with E-state index in [9.17, 15) is 14.6 Å². The van der Waals surface area contributed by atoms with Crippen molar-refractivity contribution in [3.05, 3.63) is 108 Å². The highest BCUT2D eigenvalue weighted by Gasteiger charge is 2.22. The van der Waals surface area contributed by atoms with Crippen LogP contribution in [0.1, 0.15) is 26.3 Å². The fourth-order valence-corrected chi connectivity index (χ4v) is 5.98. The summed E-state index contributed by atoms with van der Waals surface area (Å²) < 4.78 is 14.6. The van der Waals surface area contributed by atoms with E-state index in [4.69, 9.17) is 0 Å². The van der Waals surface area contributed by atoms with E-state index in [1.54, 1.807) is 30.3 Å². The molecule has 2 N–H and O–H groups in total. The van der Waals surface area contributed by atoms with Crippen molar-refractivity contribution in [1.82, 2.24) is 0 Å². The molecule has 0 saturated heterocycles. The van der Waals surface area contributed by atoms with Crippen LogP contribution in [0.2, 0.25) is 0 Å². The maximum absolute atomic E-state index is 14.6. The van der Waals surface area contributed by atoms with Crippen LogP contribution in [-0.4, -0.2) is 10.2 Å². The van der Waals surface area contributed by atoms with E-state index in [-0.39, 0.29) is 22.7 Å². The Morgan fingerprint density at radius 1 is 0.513 bits per heavy atom. The van der Waals surface area contributed by atoms with E-state index in [2.05, 4.69) is 51.1 Å². The van der Waals surface area contributed by atoms with Crippen LogP contribution < -0.4 is 0 Å². The molecule has 7 rings (SSSR count). The van der Waals surface area contributed by atoms with Crippen LogP contribution in [0, 0.1) is 5.82 Å². The van der Waals surface area contributed by atoms with Crippen molar-refractivity contribution in [1.29, 1.82) is 0 Å². The monoisotopic (exact) mass is 510 g/mol. The normalized spacial score (nSPS) is 12.3. The predicted octanol–water partition coefficient (Wildman–Crippen LogP) is 9.92. The van der Waals surface area contributed by atoms with Crippen molar-refractivity contribution in [2.24, 2.45) is 0 Å². The second-order valence-electron chi connectivity index (χ2n) is 11.5. The summed E-state index contributed by atoms with van der Waals surface area (Å²) >= 11 is 0. The van der Waals surface area contributed by atoms with E-state index in [0.29, 0.717) is 0 Å². The second-order valence-corrected chi connectivity index (χ2v) is 11.5. The molecular formula is C36H27FO2. The van der Waals surface area contributed by atoms with Gasteiger partial charge in [0.05, 0.1) is 0 Å². The SMILES string of the molecule is CC(C)(C)c1cc2cc(-c3ccc(O)cc3)c3cc4cc(F)ccc4c4c(-c5ccc(O)cc5)cc(c1)c2c34. The maximum Gasteiger partial charge on any atom is 0.123 e. The number of halogens is 1. The van der Waals surface area contributed by atoms with Crippen molar-refractivity contribution < 1.29 is 14.6 Å². The van der Waals surface area contributed by atoms with Gasteiger partial charge in [-0.25, -0.2) is 4.39 Å². The summed E-state index contributed by atoms with van der Waals surface area (Å²) in [6.45, 7) is 6.68. The summed E-state index contributed by atoms with van der Waals surface area (Å²) in [6.07, 6.45) is 0. The Labute approximate surface area is 225 Å². The van der Waals surface area contributed by atoms with E-state index in [1.165, 1.54) is 17.0 Å². The van der Waals surface area contributed by atoms with Gasteiger partial charge < -0.3 is 10.2 Å². The first-order valence-corrected chi connectivity index (χ1v) is 13.2. The van der Waals surface area contributed by atoms with Crippen LogP contribution in [0.4, 0.5) is 4.39 Å². The minimum atomic E-state index is -0.275. The third kappa shape index (κ3) is 3.69. The van der Waals surface area contributed by atoms with Gasteiger partial charge in [-0.3, -0.25) is 0 Å². The van der Waals surface area contributed by atoms with Crippen LogP contribution in [0.25, 0.3) is 65.3 Å². The average molecular weight is 511 g/mol. The second kappa shape index (κ2) is 8.18. The average Bonchev–Trinajstić information content (AvgIpc) is 2.90. The minimum absolute atomic E-state index is 0.0495. The van der Waals surface area contributed by atoms with Gasteiger partial charge in [-0.2, -0.15) is 0 Å². The van der Waals surface area contributed by atoms with Crippen molar-refractivity contribution in [2.75, 3.05) is 0 Å². The fourth-order valence-electron chi connectivity index (χ4n) is 5.98. The van der Waals surface area contributed by atoms with Crippen LogP contribution in [0.5, 0.6) is 11.5 Å². The molecule has 7 aromatic rings. The first-order chi connectivity index (χ1) is 18.7. The summed E-state index contributed by atoms with van der Waals surface area (Å²) in [6, 6.07) is 30.7. The molecule has 0 fully saturated rings. The van der Waals surface area contributed by atoms with E-state index in [0.717, 1.165) is 60.0 Å². The molecule has 0 amide bonds. The third-order valence-electron chi connectivity index (χ3n) is 7.93. The van der Waals surface area contributed by atoms with Crippen molar-refractivity contribution in [2.45, 2.75) is 26.2 Å². The molecule has 0 aliphatic heterocycles. The molecular weight excluding hydrogens is 483 g/mol. The van der Waals surface area contributed by atoms with Crippen LogP contribution >= 0.6 is 0 Å². The Morgan fingerprint density at radius 3 is 1.67 bits per heavy atom. The Bertz CT molecular complexity index is 2030. The lowest BCUT2D eigenvalue weighted by atomic mass is 9.80. The van der Waals surface area contributed by atoms with E-state index < -0.39 is 0 Å². The van der Waals surface area contributed by atoms with Gasteiger partial charge >= 0.3 is 0 Å². The van der Waals surface area contributed by atoms with Gasteiger partial charge in [-0.1, -0.05) is 63.2 Å². The highest BCUT2D eigenvalue weighted by Crippen LogP contribution is 2.48. The molecule has 0 heterocycles. The number of phenols is 2. The van der Waals surface area contributed by atoms with Crippen LogP contribution in [0.15, 0.2) is 97.1 Å². The van der Waals surface area contributed by atoms with Gasteiger partial charge in [-0.05, 0) is 131 Å². The lowest BCUT2D eigenvalue weighted by Crippen LogP contribution is -2.11. The van der Waals surface area contributed by atoms with Gasteiger partial charge in [0, 0.05) is 0 Å². The maximum atomic E-state index is 14.6. The molecule has 0 bridgehead atoms. The van der Waals surface area contributed by atoms with Gasteiger partial charge in [-0.15, -0.1) is 0 Å². The summed E-state index contributed by atoms with van der Waals surface area (Å²) in [7, 11) is 0. The van der Waals surface area contributed by atoms with Gasteiger partial charge in [0.25, 0.3) is 0 Å². The van der Waals surface area contributed by atoms with Gasteiger partial charge in [0.15, 0.2) is 0 Å². The van der Waals surface area contributed by atoms with E-state index in [1.807, 2.05) is 30.3 Å². The zero-order valence-corrected chi connectivity index (χ0v) is 22.0. The predicted molar refractivity (Wildman–Crippen MR) is 161 cm³/mol. The number of benzene rings is 7. The molecule has 39 heavy (non-hydrogen) atoms. The van der Waals surface area contributed by atoms with Gasteiger partial charge in [0.2, 0.25) is 0 Å².